The summed E-state index contributed by atoms with van der Waals surface area (Å²) in [6.07, 6.45) is 0. The van der Waals surface area contributed by atoms with Gasteiger partial charge in [-0.05, 0) is 41.5 Å². The Bertz CT molecular complexity index is 1270. The maximum atomic E-state index is 13.8. The highest BCUT2D eigenvalue weighted by molar-refractivity contribution is 7.99. The number of aromatic nitrogens is 2. The zero-order valence-corrected chi connectivity index (χ0v) is 15.9. The van der Waals surface area contributed by atoms with Crippen LogP contribution in [0.1, 0.15) is 0 Å². The first kappa shape index (κ1) is 18.9. The number of benzene rings is 3. The third-order valence-corrected chi connectivity index (χ3v) is 5.26. The number of carboxylic acid groups (broad SMARTS) is 1. The van der Waals surface area contributed by atoms with Crippen molar-refractivity contribution in [1.29, 1.82) is 0 Å². The molecule has 0 bridgehead atoms. The average molecular weight is 406 g/mol. The molecule has 0 unspecified atom stereocenters. The fraction of sp³-hybridized carbons (Fsp3) is 0.0455. The van der Waals surface area contributed by atoms with Gasteiger partial charge in [-0.1, -0.05) is 54.2 Å². The summed E-state index contributed by atoms with van der Waals surface area (Å²) >= 11 is 0.915. The lowest BCUT2D eigenvalue weighted by atomic mass is 10.0. The SMILES string of the molecule is O=C(O)CSc1nc2ccc(-c3ccccc3)cc2c(=O)n1-c1cccc(F)c1. The van der Waals surface area contributed by atoms with Crippen molar-refractivity contribution in [2.24, 2.45) is 0 Å². The maximum Gasteiger partial charge on any atom is 0.313 e. The molecular formula is C22H15FN2O3S. The van der Waals surface area contributed by atoms with Crippen molar-refractivity contribution in [2.45, 2.75) is 5.16 Å². The molecule has 0 atom stereocenters. The first-order chi connectivity index (χ1) is 14.0. The Morgan fingerprint density at radius 2 is 1.79 bits per heavy atom. The van der Waals surface area contributed by atoms with Crippen molar-refractivity contribution < 1.29 is 14.3 Å². The lowest BCUT2D eigenvalue weighted by molar-refractivity contribution is -0.133. The number of rotatable bonds is 5. The summed E-state index contributed by atoms with van der Waals surface area (Å²) in [5.41, 5.74) is 2.17. The van der Waals surface area contributed by atoms with Crippen LogP contribution in [0.25, 0.3) is 27.7 Å². The first-order valence-corrected chi connectivity index (χ1v) is 9.74. The fourth-order valence-corrected chi connectivity index (χ4v) is 3.77. The second kappa shape index (κ2) is 7.89. The van der Waals surface area contributed by atoms with E-state index >= 15 is 0 Å². The van der Waals surface area contributed by atoms with Gasteiger partial charge in [0, 0.05) is 0 Å². The molecule has 7 heteroatoms. The maximum absolute atomic E-state index is 13.8. The Kier molecular flexibility index (Phi) is 5.14. The molecule has 0 saturated heterocycles. The summed E-state index contributed by atoms with van der Waals surface area (Å²) < 4.78 is 15.1. The second-order valence-electron chi connectivity index (χ2n) is 6.30. The smallest absolute Gasteiger partial charge is 0.313 e. The van der Waals surface area contributed by atoms with E-state index in [0.29, 0.717) is 16.6 Å². The third-order valence-electron chi connectivity index (χ3n) is 4.34. The first-order valence-electron chi connectivity index (χ1n) is 8.76. The van der Waals surface area contributed by atoms with Crippen molar-refractivity contribution in [3.63, 3.8) is 0 Å². The van der Waals surface area contributed by atoms with Gasteiger partial charge in [-0.2, -0.15) is 0 Å². The molecule has 0 radical (unpaired) electrons. The number of carbonyl (C=O) groups is 1. The molecule has 5 nitrogen and oxygen atoms in total. The summed E-state index contributed by atoms with van der Waals surface area (Å²) in [5, 5.41) is 9.60. The average Bonchev–Trinajstić information content (AvgIpc) is 2.72. The number of carboxylic acids is 1. The quantitative estimate of drug-likeness (QED) is 0.394. The number of fused-ring (bicyclic) bond motifs is 1. The van der Waals surface area contributed by atoms with Crippen molar-refractivity contribution >= 4 is 28.6 Å². The molecule has 4 rings (SSSR count). The molecule has 1 aromatic heterocycles. The molecule has 0 amide bonds. The number of hydrogen-bond donors (Lipinski definition) is 1. The molecule has 29 heavy (non-hydrogen) atoms. The minimum atomic E-state index is -1.03. The van der Waals surface area contributed by atoms with Gasteiger partial charge in [0.15, 0.2) is 5.16 Å². The topological polar surface area (TPSA) is 72.2 Å². The van der Waals surface area contributed by atoms with Crippen LogP contribution in [0.5, 0.6) is 0 Å². The van der Waals surface area contributed by atoms with Gasteiger partial charge in [-0.15, -0.1) is 0 Å². The summed E-state index contributed by atoms with van der Waals surface area (Å²) in [6.45, 7) is 0. The van der Waals surface area contributed by atoms with Gasteiger partial charge in [0.1, 0.15) is 5.82 Å². The van der Waals surface area contributed by atoms with Crippen LogP contribution < -0.4 is 5.56 Å². The van der Waals surface area contributed by atoms with Crippen molar-refractivity contribution in [2.75, 3.05) is 5.75 Å². The van der Waals surface area contributed by atoms with Crippen LogP contribution >= 0.6 is 11.8 Å². The van der Waals surface area contributed by atoms with Gasteiger partial charge in [-0.25, -0.2) is 9.37 Å². The Labute approximate surface area is 169 Å². The highest BCUT2D eigenvalue weighted by Gasteiger charge is 2.16. The van der Waals surface area contributed by atoms with Crippen molar-refractivity contribution in [3.8, 4) is 16.8 Å². The summed E-state index contributed by atoms with van der Waals surface area (Å²) in [6, 6.07) is 20.5. The number of aliphatic carboxylic acids is 1. The van der Waals surface area contributed by atoms with Gasteiger partial charge in [-0.3, -0.25) is 14.2 Å². The molecule has 4 aromatic rings. The van der Waals surface area contributed by atoms with Crippen LogP contribution in [0.15, 0.2) is 82.7 Å². The molecule has 3 aromatic carbocycles. The van der Waals surface area contributed by atoms with E-state index in [-0.39, 0.29) is 16.5 Å². The van der Waals surface area contributed by atoms with Crippen LogP contribution in [-0.4, -0.2) is 26.4 Å². The number of hydrogen-bond acceptors (Lipinski definition) is 4. The molecule has 1 N–H and O–H groups in total. The molecule has 0 aliphatic carbocycles. The molecule has 0 aliphatic rings. The molecule has 1 heterocycles. The van der Waals surface area contributed by atoms with E-state index in [0.717, 1.165) is 22.9 Å². The molecule has 0 saturated carbocycles. The zero-order valence-electron chi connectivity index (χ0n) is 15.1. The molecule has 0 spiro atoms. The van der Waals surface area contributed by atoms with Gasteiger partial charge < -0.3 is 5.11 Å². The molecule has 0 aliphatic heterocycles. The van der Waals surface area contributed by atoms with E-state index in [9.17, 15) is 14.0 Å². The van der Waals surface area contributed by atoms with E-state index in [4.69, 9.17) is 5.11 Å². The van der Waals surface area contributed by atoms with Crippen LogP contribution in [-0.2, 0) is 4.79 Å². The van der Waals surface area contributed by atoms with E-state index in [1.165, 1.54) is 22.8 Å². The van der Waals surface area contributed by atoms with E-state index in [1.807, 2.05) is 36.4 Å². The van der Waals surface area contributed by atoms with Crippen molar-refractivity contribution in [3.05, 3.63) is 89.0 Å². The second-order valence-corrected chi connectivity index (χ2v) is 7.24. The molecule has 0 fully saturated rings. The summed E-state index contributed by atoms with van der Waals surface area (Å²) in [7, 11) is 0. The van der Waals surface area contributed by atoms with Gasteiger partial charge in [0.25, 0.3) is 5.56 Å². The Morgan fingerprint density at radius 1 is 1.00 bits per heavy atom. The largest absolute Gasteiger partial charge is 0.481 e. The summed E-state index contributed by atoms with van der Waals surface area (Å²) in [5.74, 6) is -1.80. The van der Waals surface area contributed by atoms with Crippen molar-refractivity contribution in [1.82, 2.24) is 9.55 Å². The number of nitrogens with zero attached hydrogens (tertiary/aromatic N) is 2. The Morgan fingerprint density at radius 3 is 2.52 bits per heavy atom. The van der Waals surface area contributed by atoms with Gasteiger partial charge in [0.2, 0.25) is 0 Å². The van der Waals surface area contributed by atoms with Crippen LogP contribution in [0.3, 0.4) is 0 Å². The molecule has 144 valence electrons. The van der Waals surface area contributed by atoms with E-state index < -0.39 is 11.8 Å². The minimum Gasteiger partial charge on any atom is -0.481 e. The highest BCUT2D eigenvalue weighted by atomic mass is 32.2. The monoisotopic (exact) mass is 406 g/mol. The van der Waals surface area contributed by atoms with Gasteiger partial charge >= 0.3 is 5.97 Å². The Balaban J connectivity index is 1.95. The van der Waals surface area contributed by atoms with Gasteiger partial charge in [0.05, 0.1) is 22.3 Å². The Hall–Kier alpha value is -3.45. The predicted octanol–water partition coefficient (Wildman–Crippen LogP) is 4.37. The lowest BCUT2D eigenvalue weighted by Gasteiger charge is -2.13. The number of halogens is 1. The van der Waals surface area contributed by atoms with E-state index in [2.05, 4.69) is 4.98 Å². The van der Waals surface area contributed by atoms with E-state index in [1.54, 1.807) is 18.2 Å². The lowest BCUT2D eigenvalue weighted by Crippen LogP contribution is -2.22. The fourth-order valence-electron chi connectivity index (χ4n) is 3.04. The summed E-state index contributed by atoms with van der Waals surface area (Å²) in [4.78, 5) is 28.8. The third kappa shape index (κ3) is 3.90. The highest BCUT2D eigenvalue weighted by Crippen LogP contribution is 2.25. The minimum absolute atomic E-state index is 0.197. The van der Waals surface area contributed by atoms with Crippen LogP contribution in [0.2, 0.25) is 0 Å². The van der Waals surface area contributed by atoms with Crippen LogP contribution in [0, 0.1) is 5.82 Å². The van der Waals surface area contributed by atoms with Crippen LogP contribution in [0.4, 0.5) is 4.39 Å². The normalized spacial score (nSPS) is 10.9. The molecular weight excluding hydrogens is 391 g/mol. The number of thioether (sulfide) groups is 1. The zero-order chi connectivity index (χ0) is 20.4. The predicted molar refractivity (Wildman–Crippen MR) is 111 cm³/mol. The standard InChI is InChI=1S/C22H15FN2O3S/c23-16-7-4-8-17(12-16)25-21(28)18-11-15(14-5-2-1-3-6-14)9-10-19(18)24-22(25)29-13-20(26)27/h1-12H,13H2,(H,26,27).